The minimum Gasteiger partial charge on any atom is -0.338 e. The summed E-state index contributed by atoms with van der Waals surface area (Å²) in [6.07, 6.45) is 0.918. The third-order valence-electron chi connectivity index (χ3n) is 3.66. The van der Waals surface area contributed by atoms with Crippen molar-refractivity contribution in [1.29, 1.82) is 0 Å². The number of aromatic amines is 2. The van der Waals surface area contributed by atoms with Crippen molar-refractivity contribution in [3.63, 3.8) is 0 Å². The van der Waals surface area contributed by atoms with Crippen LogP contribution in [0.2, 0.25) is 0 Å². The Hall–Kier alpha value is -1.89. The van der Waals surface area contributed by atoms with E-state index in [4.69, 9.17) is 0 Å². The van der Waals surface area contributed by atoms with Gasteiger partial charge in [0, 0.05) is 23.8 Å². The lowest BCUT2D eigenvalue weighted by Gasteiger charge is -2.15. The summed E-state index contributed by atoms with van der Waals surface area (Å²) < 4.78 is 0. The van der Waals surface area contributed by atoms with Crippen LogP contribution in [-0.2, 0) is 11.3 Å². The van der Waals surface area contributed by atoms with Crippen molar-refractivity contribution in [3.8, 4) is 0 Å². The van der Waals surface area contributed by atoms with Gasteiger partial charge in [-0.3, -0.25) is 9.78 Å². The minimum atomic E-state index is -0.348. The van der Waals surface area contributed by atoms with Gasteiger partial charge < -0.3 is 4.90 Å². The number of nitrogens with zero attached hydrogens (tertiary/aromatic N) is 2. The number of rotatable bonds is 4. The van der Waals surface area contributed by atoms with Gasteiger partial charge in [0.05, 0.1) is 6.54 Å². The first-order valence-electron chi connectivity index (χ1n) is 6.49. The van der Waals surface area contributed by atoms with Crippen LogP contribution in [0, 0.1) is 12.8 Å². The molecule has 106 valence electrons. The molecular formula is C13H16N4O2S. The van der Waals surface area contributed by atoms with Crippen molar-refractivity contribution in [2.45, 2.75) is 25.8 Å². The second-order valence-electron chi connectivity index (χ2n) is 5.24. The van der Waals surface area contributed by atoms with Crippen LogP contribution in [0.5, 0.6) is 0 Å². The van der Waals surface area contributed by atoms with E-state index in [1.165, 1.54) is 10.4 Å². The van der Waals surface area contributed by atoms with Gasteiger partial charge in [0.1, 0.15) is 0 Å². The summed E-state index contributed by atoms with van der Waals surface area (Å²) in [5.41, 5.74) is 0.925. The zero-order chi connectivity index (χ0) is 14.3. The molecule has 3 rings (SSSR count). The van der Waals surface area contributed by atoms with E-state index in [0.717, 1.165) is 6.42 Å². The normalized spacial score (nSPS) is 20.9. The molecule has 0 aliphatic heterocycles. The number of amides is 1. The summed E-state index contributed by atoms with van der Waals surface area (Å²) in [4.78, 5) is 28.8. The van der Waals surface area contributed by atoms with Gasteiger partial charge in [0.2, 0.25) is 5.91 Å². The number of hydrogen-bond donors (Lipinski definition) is 2. The van der Waals surface area contributed by atoms with Crippen LogP contribution in [0.3, 0.4) is 0 Å². The molecule has 2 unspecified atom stereocenters. The highest BCUT2D eigenvalue weighted by molar-refractivity contribution is 7.10. The van der Waals surface area contributed by atoms with Crippen LogP contribution in [-0.4, -0.2) is 33.0 Å². The third kappa shape index (κ3) is 2.40. The molecule has 1 fully saturated rings. The molecule has 2 atom stereocenters. The number of H-pyrrole nitrogens is 2. The average molecular weight is 292 g/mol. The number of aromatic nitrogens is 3. The van der Waals surface area contributed by atoms with Crippen LogP contribution in [0.15, 0.2) is 16.2 Å². The number of carbonyl (C=O) groups excluding carboxylic acids is 1. The van der Waals surface area contributed by atoms with Crippen LogP contribution in [0.25, 0.3) is 0 Å². The van der Waals surface area contributed by atoms with E-state index >= 15 is 0 Å². The first-order valence-corrected chi connectivity index (χ1v) is 7.36. The summed E-state index contributed by atoms with van der Waals surface area (Å²) >= 11 is 1.72. The molecule has 0 radical (unpaired) electrons. The molecule has 0 saturated heterocycles. The summed E-state index contributed by atoms with van der Waals surface area (Å²) in [6.45, 7) is 2.41. The highest BCUT2D eigenvalue weighted by Crippen LogP contribution is 2.51. The van der Waals surface area contributed by atoms with Gasteiger partial charge in [-0.05, 0) is 30.4 Å². The van der Waals surface area contributed by atoms with Crippen molar-refractivity contribution >= 4 is 17.2 Å². The topological polar surface area (TPSA) is 81.8 Å². The van der Waals surface area contributed by atoms with Gasteiger partial charge in [0.25, 0.3) is 0 Å². The molecule has 1 aliphatic carbocycles. The number of thiophene rings is 1. The SMILES string of the molecule is Cc1ccsc1C1CC1C(=O)N(C)Cc1n[nH]c(=O)[nH]1. The molecule has 2 heterocycles. The molecule has 1 amide bonds. The minimum absolute atomic E-state index is 0.0722. The molecule has 1 saturated carbocycles. The standard InChI is InChI=1S/C13H16N4O2S/c1-7-3-4-20-11(7)8-5-9(8)12(18)17(2)6-10-14-13(19)16-15-10/h3-4,8-9H,5-6H2,1-2H3,(H2,14,15,16,19). The summed E-state index contributed by atoms with van der Waals surface area (Å²) in [5.74, 6) is 1.04. The first kappa shape index (κ1) is 13.1. The molecule has 7 heteroatoms. The summed E-state index contributed by atoms with van der Waals surface area (Å²) in [7, 11) is 1.74. The molecule has 20 heavy (non-hydrogen) atoms. The van der Waals surface area contributed by atoms with Gasteiger partial charge in [0.15, 0.2) is 5.82 Å². The van der Waals surface area contributed by atoms with Crippen LogP contribution in [0.1, 0.15) is 28.6 Å². The summed E-state index contributed by atoms with van der Waals surface area (Å²) in [6, 6.07) is 2.10. The predicted octanol–water partition coefficient (Wildman–Crippen LogP) is 1.23. The molecule has 2 N–H and O–H groups in total. The fourth-order valence-corrected chi connectivity index (χ4v) is 3.60. The van der Waals surface area contributed by atoms with E-state index in [2.05, 4.69) is 33.6 Å². The Morgan fingerprint density at radius 3 is 3.00 bits per heavy atom. The molecule has 0 aromatic carbocycles. The predicted molar refractivity (Wildman–Crippen MR) is 75.6 cm³/mol. The van der Waals surface area contributed by atoms with E-state index in [-0.39, 0.29) is 17.5 Å². The van der Waals surface area contributed by atoms with E-state index in [9.17, 15) is 9.59 Å². The molecule has 0 spiro atoms. The second kappa shape index (κ2) is 4.90. The van der Waals surface area contributed by atoms with E-state index < -0.39 is 0 Å². The highest BCUT2D eigenvalue weighted by Gasteiger charge is 2.46. The van der Waals surface area contributed by atoms with Gasteiger partial charge >= 0.3 is 5.69 Å². The molecule has 6 nitrogen and oxygen atoms in total. The molecular weight excluding hydrogens is 276 g/mol. The maximum atomic E-state index is 12.3. The average Bonchev–Trinajstić information content (AvgIpc) is 2.92. The highest BCUT2D eigenvalue weighted by atomic mass is 32.1. The number of hydrogen-bond acceptors (Lipinski definition) is 4. The number of nitrogens with one attached hydrogen (secondary N) is 2. The maximum Gasteiger partial charge on any atom is 0.340 e. The van der Waals surface area contributed by atoms with Crippen molar-refractivity contribution in [3.05, 3.63) is 38.2 Å². The monoisotopic (exact) mass is 292 g/mol. The number of carbonyl (C=O) groups is 1. The zero-order valence-electron chi connectivity index (χ0n) is 11.3. The van der Waals surface area contributed by atoms with Gasteiger partial charge in [-0.25, -0.2) is 9.89 Å². The van der Waals surface area contributed by atoms with Crippen LogP contribution >= 0.6 is 11.3 Å². The van der Waals surface area contributed by atoms with Crippen molar-refractivity contribution in [2.24, 2.45) is 5.92 Å². The maximum absolute atomic E-state index is 12.3. The van der Waals surface area contributed by atoms with Crippen molar-refractivity contribution in [1.82, 2.24) is 20.1 Å². The Morgan fingerprint density at radius 2 is 2.40 bits per heavy atom. The lowest BCUT2D eigenvalue weighted by atomic mass is 10.2. The molecule has 2 aromatic rings. The quantitative estimate of drug-likeness (QED) is 0.889. The molecule has 2 aromatic heterocycles. The van der Waals surface area contributed by atoms with Crippen molar-refractivity contribution in [2.75, 3.05) is 7.05 Å². The van der Waals surface area contributed by atoms with Crippen LogP contribution < -0.4 is 5.69 Å². The lowest BCUT2D eigenvalue weighted by molar-refractivity contribution is -0.132. The lowest BCUT2D eigenvalue weighted by Crippen LogP contribution is -2.28. The first-order chi connectivity index (χ1) is 9.56. The largest absolute Gasteiger partial charge is 0.340 e. The Kier molecular flexibility index (Phi) is 3.21. The zero-order valence-corrected chi connectivity index (χ0v) is 12.2. The van der Waals surface area contributed by atoms with E-state index in [1.807, 2.05) is 0 Å². The molecule has 0 bridgehead atoms. The van der Waals surface area contributed by atoms with E-state index in [0.29, 0.717) is 18.3 Å². The Morgan fingerprint density at radius 1 is 1.60 bits per heavy atom. The van der Waals surface area contributed by atoms with Gasteiger partial charge in [-0.1, -0.05) is 0 Å². The fourth-order valence-electron chi connectivity index (χ4n) is 2.49. The Labute approximate surface area is 119 Å². The Balaban J connectivity index is 1.63. The summed E-state index contributed by atoms with van der Waals surface area (Å²) in [5, 5.41) is 8.19. The Bertz CT molecular complexity index is 686. The second-order valence-corrected chi connectivity index (χ2v) is 6.18. The van der Waals surface area contributed by atoms with Crippen molar-refractivity contribution < 1.29 is 4.79 Å². The van der Waals surface area contributed by atoms with Gasteiger partial charge in [-0.2, -0.15) is 5.10 Å². The van der Waals surface area contributed by atoms with E-state index in [1.54, 1.807) is 23.3 Å². The fraction of sp³-hybridized carbons (Fsp3) is 0.462. The van der Waals surface area contributed by atoms with Gasteiger partial charge in [-0.15, -0.1) is 11.3 Å². The smallest absolute Gasteiger partial charge is 0.338 e. The number of aryl methyl sites for hydroxylation is 1. The third-order valence-corrected chi connectivity index (χ3v) is 4.81. The molecule has 1 aliphatic rings. The van der Waals surface area contributed by atoms with Crippen LogP contribution in [0.4, 0.5) is 0 Å².